The first-order valence-electron chi connectivity index (χ1n) is 5.81. The summed E-state index contributed by atoms with van der Waals surface area (Å²) in [7, 11) is -3.31. The number of benzene rings is 1. The summed E-state index contributed by atoms with van der Waals surface area (Å²) in [5.74, 6) is -0.411. The SMILES string of the molecule is O=S(=O)(c1ccc(F)cc1)C1CCCNCC1. The first-order chi connectivity index (χ1) is 8.10. The van der Waals surface area contributed by atoms with E-state index in [2.05, 4.69) is 5.32 Å². The normalized spacial score (nSPS) is 22.1. The Morgan fingerprint density at radius 3 is 2.53 bits per heavy atom. The molecular weight excluding hydrogens is 241 g/mol. The van der Waals surface area contributed by atoms with Gasteiger partial charge in [0.2, 0.25) is 0 Å². The Morgan fingerprint density at radius 2 is 1.82 bits per heavy atom. The highest BCUT2D eigenvalue weighted by Crippen LogP contribution is 2.23. The molecule has 3 nitrogen and oxygen atoms in total. The van der Waals surface area contributed by atoms with Crippen LogP contribution in [0.5, 0.6) is 0 Å². The number of sulfone groups is 1. The molecule has 0 saturated carbocycles. The van der Waals surface area contributed by atoms with Gasteiger partial charge in [-0.15, -0.1) is 0 Å². The van der Waals surface area contributed by atoms with Crippen molar-refractivity contribution in [3.63, 3.8) is 0 Å². The number of halogens is 1. The molecule has 0 aliphatic carbocycles. The summed E-state index contributed by atoms with van der Waals surface area (Å²) in [6.45, 7) is 1.60. The Labute approximate surface area is 101 Å². The van der Waals surface area contributed by atoms with Crippen molar-refractivity contribution >= 4 is 9.84 Å². The zero-order valence-corrected chi connectivity index (χ0v) is 10.3. The molecule has 17 heavy (non-hydrogen) atoms. The van der Waals surface area contributed by atoms with E-state index in [-0.39, 0.29) is 10.1 Å². The van der Waals surface area contributed by atoms with Crippen molar-refractivity contribution in [1.82, 2.24) is 5.32 Å². The van der Waals surface area contributed by atoms with Gasteiger partial charge in [-0.2, -0.15) is 0 Å². The Hall–Kier alpha value is -0.940. The van der Waals surface area contributed by atoms with Crippen LogP contribution in [0, 0.1) is 5.82 Å². The molecule has 1 N–H and O–H groups in total. The lowest BCUT2D eigenvalue weighted by atomic mass is 10.2. The predicted octanol–water partition coefficient (Wildman–Crippen LogP) is 1.74. The molecular formula is C12H16FNO2S. The second-order valence-electron chi connectivity index (χ2n) is 4.30. The van der Waals surface area contributed by atoms with Crippen LogP contribution in [0.4, 0.5) is 4.39 Å². The molecule has 1 fully saturated rings. The van der Waals surface area contributed by atoms with E-state index in [0.29, 0.717) is 12.8 Å². The van der Waals surface area contributed by atoms with Crippen LogP contribution >= 0.6 is 0 Å². The van der Waals surface area contributed by atoms with E-state index in [1.54, 1.807) is 0 Å². The first-order valence-corrected chi connectivity index (χ1v) is 7.35. The predicted molar refractivity (Wildman–Crippen MR) is 64.1 cm³/mol. The molecule has 0 aromatic heterocycles. The molecule has 2 rings (SSSR count). The highest BCUT2D eigenvalue weighted by molar-refractivity contribution is 7.92. The fourth-order valence-corrected chi connectivity index (χ4v) is 3.92. The van der Waals surface area contributed by atoms with Gasteiger partial charge in [0, 0.05) is 0 Å². The molecule has 0 amide bonds. The van der Waals surface area contributed by atoms with Crippen molar-refractivity contribution in [2.75, 3.05) is 13.1 Å². The average molecular weight is 257 g/mol. The Morgan fingerprint density at radius 1 is 1.12 bits per heavy atom. The molecule has 0 radical (unpaired) electrons. The quantitative estimate of drug-likeness (QED) is 0.821. The second-order valence-corrected chi connectivity index (χ2v) is 6.53. The van der Waals surface area contributed by atoms with Crippen LogP contribution in [0.1, 0.15) is 19.3 Å². The minimum absolute atomic E-state index is 0.228. The smallest absolute Gasteiger partial charge is 0.181 e. The van der Waals surface area contributed by atoms with Crippen molar-refractivity contribution in [2.24, 2.45) is 0 Å². The molecule has 0 bridgehead atoms. The van der Waals surface area contributed by atoms with E-state index in [1.807, 2.05) is 0 Å². The van der Waals surface area contributed by atoms with Crippen LogP contribution in [0.15, 0.2) is 29.2 Å². The van der Waals surface area contributed by atoms with Gasteiger partial charge in [-0.05, 0) is 56.6 Å². The number of nitrogens with one attached hydrogen (secondary N) is 1. The van der Waals surface area contributed by atoms with Crippen LogP contribution in [-0.4, -0.2) is 26.8 Å². The lowest BCUT2D eigenvalue weighted by Crippen LogP contribution is -2.23. The van der Waals surface area contributed by atoms with Gasteiger partial charge in [0.05, 0.1) is 10.1 Å². The molecule has 1 atom stereocenters. The Balaban J connectivity index is 2.25. The third kappa shape index (κ3) is 2.84. The maximum Gasteiger partial charge on any atom is 0.181 e. The van der Waals surface area contributed by atoms with Gasteiger partial charge in [0.15, 0.2) is 9.84 Å². The van der Waals surface area contributed by atoms with E-state index in [1.165, 1.54) is 24.3 Å². The molecule has 1 aliphatic rings. The van der Waals surface area contributed by atoms with Crippen LogP contribution in [0.25, 0.3) is 0 Å². The highest BCUT2D eigenvalue weighted by atomic mass is 32.2. The molecule has 1 aromatic carbocycles. The second kappa shape index (κ2) is 5.14. The Bertz CT molecular complexity index is 462. The topological polar surface area (TPSA) is 46.2 Å². The molecule has 1 saturated heterocycles. The zero-order valence-electron chi connectivity index (χ0n) is 9.52. The fraction of sp³-hybridized carbons (Fsp3) is 0.500. The summed E-state index contributed by atoms with van der Waals surface area (Å²) in [6.07, 6.45) is 2.16. The van der Waals surface area contributed by atoms with E-state index in [4.69, 9.17) is 0 Å². The molecule has 1 unspecified atom stereocenters. The molecule has 0 spiro atoms. The summed E-state index contributed by atoms with van der Waals surface area (Å²) >= 11 is 0. The van der Waals surface area contributed by atoms with Crippen molar-refractivity contribution in [3.8, 4) is 0 Å². The lowest BCUT2D eigenvalue weighted by Gasteiger charge is -2.14. The molecule has 1 aliphatic heterocycles. The maximum absolute atomic E-state index is 12.8. The molecule has 1 heterocycles. The first kappa shape index (κ1) is 12.5. The molecule has 1 aromatic rings. The fourth-order valence-electron chi connectivity index (χ4n) is 2.11. The van der Waals surface area contributed by atoms with Gasteiger partial charge in [-0.25, -0.2) is 12.8 Å². The summed E-state index contributed by atoms with van der Waals surface area (Å²) in [4.78, 5) is 0.228. The summed E-state index contributed by atoms with van der Waals surface area (Å²) < 4.78 is 37.4. The minimum atomic E-state index is -3.31. The molecule has 5 heteroatoms. The third-order valence-electron chi connectivity index (χ3n) is 3.10. The summed E-state index contributed by atoms with van der Waals surface area (Å²) in [5, 5.41) is 2.84. The average Bonchev–Trinajstić information content (AvgIpc) is 2.58. The Kier molecular flexibility index (Phi) is 3.79. The van der Waals surface area contributed by atoms with Gasteiger partial charge in [-0.3, -0.25) is 0 Å². The van der Waals surface area contributed by atoms with Crippen LogP contribution in [0.3, 0.4) is 0 Å². The third-order valence-corrected chi connectivity index (χ3v) is 5.38. The highest BCUT2D eigenvalue weighted by Gasteiger charge is 2.27. The largest absolute Gasteiger partial charge is 0.317 e. The monoisotopic (exact) mass is 257 g/mol. The van der Waals surface area contributed by atoms with Gasteiger partial charge in [0.25, 0.3) is 0 Å². The molecule has 94 valence electrons. The number of hydrogen-bond acceptors (Lipinski definition) is 3. The minimum Gasteiger partial charge on any atom is -0.317 e. The van der Waals surface area contributed by atoms with Gasteiger partial charge < -0.3 is 5.32 Å². The van der Waals surface area contributed by atoms with E-state index < -0.39 is 15.7 Å². The van der Waals surface area contributed by atoms with Crippen molar-refractivity contribution < 1.29 is 12.8 Å². The standard InChI is InChI=1S/C12H16FNO2S/c13-10-3-5-12(6-4-10)17(15,16)11-2-1-8-14-9-7-11/h3-6,11,14H,1-2,7-9H2. The van der Waals surface area contributed by atoms with Crippen molar-refractivity contribution in [1.29, 1.82) is 0 Å². The lowest BCUT2D eigenvalue weighted by molar-refractivity contribution is 0.566. The van der Waals surface area contributed by atoms with Crippen molar-refractivity contribution in [2.45, 2.75) is 29.4 Å². The van der Waals surface area contributed by atoms with Crippen LogP contribution < -0.4 is 5.32 Å². The van der Waals surface area contributed by atoms with Crippen LogP contribution in [0.2, 0.25) is 0 Å². The zero-order chi connectivity index (χ0) is 12.3. The van der Waals surface area contributed by atoms with Gasteiger partial charge in [0.1, 0.15) is 5.82 Å². The van der Waals surface area contributed by atoms with E-state index in [0.717, 1.165) is 19.5 Å². The number of rotatable bonds is 2. The summed E-state index contributed by atoms with van der Waals surface area (Å²) in [5.41, 5.74) is 0. The summed E-state index contributed by atoms with van der Waals surface area (Å²) in [6, 6.07) is 5.09. The van der Waals surface area contributed by atoms with Crippen molar-refractivity contribution in [3.05, 3.63) is 30.1 Å². The van der Waals surface area contributed by atoms with Gasteiger partial charge >= 0.3 is 0 Å². The maximum atomic E-state index is 12.8. The number of hydrogen-bond donors (Lipinski definition) is 1. The van der Waals surface area contributed by atoms with E-state index in [9.17, 15) is 12.8 Å². The van der Waals surface area contributed by atoms with Gasteiger partial charge in [-0.1, -0.05) is 0 Å². The van der Waals surface area contributed by atoms with E-state index >= 15 is 0 Å². The van der Waals surface area contributed by atoms with Crippen LogP contribution in [-0.2, 0) is 9.84 Å².